The maximum Gasteiger partial charge on any atom is 0.0967 e. The van der Waals surface area contributed by atoms with Crippen LogP contribution in [-0.2, 0) is 4.84 Å². The molecule has 4 heteroatoms. The summed E-state index contributed by atoms with van der Waals surface area (Å²) in [5.41, 5.74) is -1.35. The Morgan fingerprint density at radius 2 is 1.82 bits per heavy atom. The molecular weight excluding hydrogens is 218 g/mol. The van der Waals surface area contributed by atoms with E-state index in [1.165, 1.54) is 0 Å². The second kappa shape index (κ2) is 4.50. The lowest BCUT2D eigenvalue weighted by molar-refractivity contribution is -0.291. The fraction of sp³-hybridized carbons (Fsp3) is 1.00. The molecule has 4 nitrogen and oxygen atoms in total. The van der Waals surface area contributed by atoms with Crippen LogP contribution in [0, 0.1) is 5.41 Å². The van der Waals surface area contributed by atoms with Gasteiger partial charge in [-0.25, -0.2) is 0 Å². The molecule has 2 N–H and O–H groups in total. The van der Waals surface area contributed by atoms with E-state index < -0.39 is 5.60 Å². The summed E-state index contributed by atoms with van der Waals surface area (Å²) < 4.78 is 0. The summed E-state index contributed by atoms with van der Waals surface area (Å²) >= 11 is 0. The molecule has 0 aromatic heterocycles. The zero-order valence-corrected chi connectivity index (χ0v) is 11.9. The first-order chi connectivity index (χ1) is 7.48. The van der Waals surface area contributed by atoms with Crippen LogP contribution in [0.5, 0.6) is 0 Å². The van der Waals surface area contributed by atoms with Gasteiger partial charge in [-0.15, -0.1) is 0 Å². The fourth-order valence-corrected chi connectivity index (χ4v) is 2.07. The third kappa shape index (κ3) is 2.99. The first kappa shape index (κ1) is 14.9. The number of hydrogen-bond acceptors (Lipinski definition) is 4. The van der Waals surface area contributed by atoms with Crippen molar-refractivity contribution in [3.05, 3.63) is 0 Å². The second-order valence-electron chi connectivity index (χ2n) is 6.77. The van der Waals surface area contributed by atoms with E-state index in [4.69, 9.17) is 4.84 Å². The monoisotopic (exact) mass is 245 g/mol. The average molecular weight is 245 g/mol. The summed E-state index contributed by atoms with van der Waals surface area (Å²) in [5, 5.41) is 21.7. The van der Waals surface area contributed by atoms with Crippen molar-refractivity contribution in [2.45, 2.75) is 65.2 Å². The van der Waals surface area contributed by atoms with Gasteiger partial charge in [-0.2, -0.15) is 5.06 Å². The molecule has 0 amide bonds. The molecule has 1 atom stereocenters. The van der Waals surface area contributed by atoms with Crippen LogP contribution in [-0.4, -0.2) is 45.7 Å². The molecule has 17 heavy (non-hydrogen) atoms. The molecule has 0 bridgehead atoms. The van der Waals surface area contributed by atoms with E-state index in [0.29, 0.717) is 13.0 Å². The first-order valence-corrected chi connectivity index (χ1v) is 6.29. The highest BCUT2D eigenvalue weighted by Crippen LogP contribution is 2.43. The normalized spacial score (nSPS) is 29.3. The van der Waals surface area contributed by atoms with E-state index in [1.54, 1.807) is 13.8 Å². The molecule has 0 saturated carbocycles. The van der Waals surface area contributed by atoms with Crippen molar-refractivity contribution >= 4 is 0 Å². The quantitative estimate of drug-likeness (QED) is 0.792. The van der Waals surface area contributed by atoms with Gasteiger partial charge in [0.15, 0.2) is 0 Å². The van der Waals surface area contributed by atoms with E-state index in [-0.39, 0.29) is 23.7 Å². The third-order valence-corrected chi connectivity index (χ3v) is 4.21. The molecule has 0 aromatic rings. The highest BCUT2D eigenvalue weighted by Gasteiger charge is 2.50. The van der Waals surface area contributed by atoms with Crippen LogP contribution in [0.4, 0.5) is 0 Å². The lowest BCUT2D eigenvalue weighted by Crippen LogP contribution is -2.63. The lowest BCUT2D eigenvalue weighted by atomic mass is 9.67. The molecule has 1 fully saturated rings. The topological polar surface area (TPSA) is 52.9 Å². The summed E-state index contributed by atoms with van der Waals surface area (Å²) in [7, 11) is 0. The predicted molar refractivity (Wildman–Crippen MR) is 67.4 cm³/mol. The highest BCUT2D eigenvalue weighted by molar-refractivity contribution is 5.00. The zero-order valence-electron chi connectivity index (χ0n) is 11.9. The minimum Gasteiger partial charge on any atom is -0.392 e. The molecule has 0 aliphatic carbocycles. The van der Waals surface area contributed by atoms with Gasteiger partial charge in [0.2, 0.25) is 0 Å². The van der Waals surface area contributed by atoms with Gasteiger partial charge >= 0.3 is 0 Å². The van der Waals surface area contributed by atoms with E-state index in [9.17, 15) is 10.2 Å². The summed E-state index contributed by atoms with van der Waals surface area (Å²) in [5.74, 6) is 0. The van der Waals surface area contributed by atoms with Crippen LogP contribution in [0.15, 0.2) is 0 Å². The number of hydrogen-bond donors (Lipinski definition) is 2. The van der Waals surface area contributed by atoms with Gasteiger partial charge in [-0.3, -0.25) is 4.84 Å². The lowest BCUT2D eigenvalue weighted by Gasteiger charge is -2.54. The predicted octanol–water partition coefficient (Wildman–Crippen LogP) is 1.56. The van der Waals surface area contributed by atoms with Gasteiger partial charge in [0, 0.05) is 17.5 Å². The van der Waals surface area contributed by atoms with Crippen LogP contribution in [0.1, 0.15) is 48.0 Å². The van der Waals surface area contributed by atoms with Gasteiger partial charge in [0.05, 0.1) is 18.3 Å². The Bertz CT molecular complexity index is 268. The van der Waals surface area contributed by atoms with Gasteiger partial charge in [0.25, 0.3) is 0 Å². The van der Waals surface area contributed by atoms with Gasteiger partial charge in [-0.1, -0.05) is 13.8 Å². The van der Waals surface area contributed by atoms with Crippen molar-refractivity contribution in [1.29, 1.82) is 0 Å². The fourth-order valence-electron chi connectivity index (χ4n) is 2.07. The van der Waals surface area contributed by atoms with Crippen molar-refractivity contribution in [3.8, 4) is 0 Å². The van der Waals surface area contributed by atoms with Crippen LogP contribution < -0.4 is 0 Å². The number of piperidine rings is 1. The summed E-state index contributed by atoms with van der Waals surface area (Å²) in [4.78, 5) is 5.72. The Kier molecular flexibility index (Phi) is 3.94. The van der Waals surface area contributed by atoms with Crippen molar-refractivity contribution in [2.24, 2.45) is 5.41 Å². The molecule has 1 rings (SSSR count). The van der Waals surface area contributed by atoms with Crippen molar-refractivity contribution in [1.82, 2.24) is 5.06 Å². The Labute approximate surface area is 105 Å². The maximum absolute atomic E-state index is 10.1. The average Bonchev–Trinajstić information content (AvgIpc) is 2.12. The highest BCUT2D eigenvalue weighted by atomic mass is 16.7. The van der Waals surface area contributed by atoms with Crippen LogP contribution in [0.3, 0.4) is 0 Å². The number of nitrogens with zero attached hydrogens (tertiary/aromatic N) is 1. The van der Waals surface area contributed by atoms with Gasteiger partial charge < -0.3 is 10.2 Å². The van der Waals surface area contributed by atoms with E-state index in [0.717, 1.165) is 0 Å². The maximum atomic E-state index is 10.1. The zero-order chi connectivity index (χ0) is 13.5. The van der Waals surface area contributed by atoms with Crippen LogP contribution in [0.2, 0.25) is 0 Å². The number of aliphatic hydroxyl groups is 2. The molecular formula is C13H27NO3. The minimum atomic E-state index is -0.837. The third-order valence-electron chi connectivity index (χ3n) is 4.21. The van der Waals surface area contributed by atoms with Gasteiger partial charge in [0.1, 0.15) is 0 Å². The van der Waals surface area contributed by atoms with E-state index >= 15 is 0 Å². The second-order valence-corrected chi connectivity index (χ2v) is 6.77. The summed E-state index contributed by atoms with van der Waals surface area (Å²) in [6.07, 6.45) is 0.377. The molecule has 1 heterocycles. The standard InChI is InChI=1S/C13H27NO3/c1-11(2,16)9-17-14-8-7-10(15)12(3,4)13(14,5)6/h10,15-16H,7-9H2,1-6H3. The number of rotatable bonds is 3. The Hall–Kier alpha value is -0.160. The molecule has 0 radical (unpaired) electrons. The van der Waals surface area contributed by atoms with Crippen molar-refractivity contribution in [3.63, 3.8) is 0 Å². The summed E-state index contributed by atoms with van der Waals surface area (Å²) in [6, 6.07) is 0. The van der Waals surface area contributed by atoms with Gasteiger partial charge in [-0.05, 0) is 34.1 Å². The first-order valence-electron chi connectivity index (χ1n) is 6.29. The SMILES string of the molecule is CC(C)(O)CON1CCC(O)C(C)(C)C1(C)C. The molecule has 0 aromatic carbocycles. The molecule has 0 spiro atoms. The van der Waals surface area contributed by atoms with Crippen molar-refractivity contribution < 1.29 is 15.1 Å². The van der Waals surface area contributed by atoms with E-state index in [1.807, 2.05) is 5.06 Å². The Morgan fingerprint density at radius 3 is 2.29 bits per heavy atom. The minimum absolute atomic E-state index is 0.245. The van der Waals surface area contributed by atoms with Crippen molar-refractivity contribution in [2.75, 3.05) is 13.2 Å². The largest absolute Gasteiger partial charge is 0.392 e. The molecule has 1 aliphatic heterocycles. The molecule has 1 saturated heterocycles. The number of hydroxylamine groups is 2. The Morgan fingerprint density at radius 1 is 1.29 bits per heavy atom. The van der Waals surface area contributed by atoms with Crippen LogP contribution >= 0.6 is 0 Å². The smallest absolute Gasteiger partial charge is 0.0967 e. The molecule has 1 aliphatic rings. The molecule has 102 valence electrons. The molecule has 1 unspecified atom stereocenters. The number of aliphatic hydroxyl groups excluding tert-OH is 1. The Balaban J connectivity index is 2.75. The summed E-state index contributed by atoms with van der Waals surface area (Å²) in [6.45, 7) is 12.7. The van der Waals surface area contributed by atoms with Crippen LogP contribution in [0.25, 0.3) is 0 Å². The van der Waals surface area contributed by atoms with E-state index in [2.05, 4.69) is 27.7 Å².